The Morgan fingerprint density at radius 3 is 2.71 bits per heavy atom. The van der Waals surface area contributed by atoms with Gasteiger partial charge in [-0.05, 0) is 29.8 Å². The minimum atomic E-state index is -0.328. The Balaban J connectivity index is 2.20. The monoisotopic (exact) mass is 283 g/mol. The van der Waals surface area contributed by atoms with E-state index in [4.69, 9.17) is 10.5 Å². The van der Waals surface area contributed by atoms with Crippen LogP contribution in [0.15, 0.2) is 48.5 Å². The van der Waals surface area contributed by atoms with Gasteiger partial charge in [-0.1, -0.05) is 24.3 Å². The Labute approximate surface area is 121 Å². The van der Waals surface area contributed by atoms with Gasteiger partial charge in [0, 0.05) is 5.56 Å². The largest absolute Gasteiger partial charge is 0.497 e. The lowest BCUT2D eigenvalue weighted by molar-refractivity contribution is 0.415. The topological polar surface area (TPSA) is 63.9 Å². The molecule has 3 aromatic rings. The summed E-state index contributed by atoms with van der Waals surface area (Å²) in [6.45, 7) is 0. The van der Waals surface area contributed by atoms with E-state index in [9.17, 15) is 4.39 Å². The van der Waals surface area contributed by atoms with Gasteiger partial charge in [-0.2, -0.15) is 5.10 Å². The highest BCUT2D eigenvalue weighted by Gasteiger charge is 2.17. The zero-order valence-corrected chi connectivity index (χ0v) is 11.4. The van der Waals surface area contributed by atoms with Crippen molar-refractivity contribution in [1.29, 1.82) is 0 Å². The highest BCUT2D eigenvalue weighted by atomic mass is 19.1. The van der Waals surface area contributed by atoms with E-state index in [1.165, 1.54) is 6.07 Å². The van der Waals surface area contributed by atoms with Crippen LogP contribution in [0.2, 0.25) is 0 Å². The zero-order valence-electron chi connectivity index (χ0n) is 11.4. The summed E-state index contributed by atoms with van der Waals surface area (Å²) in [5, 5.41) is 6.82. The minimum Gasteiger partial charge on any atom is -0.497 e. The molecule has 0 aliphatic carbocycles. The van der Waals surface area contributed by atoms with Crippen LogP contribution >= 0.6 is 0 Å². The lowest BCUT2D eigenvalue weighted by atomic mass is 10.0. The van der Waals surface area contributed by atoms with Crippen molar-refractivity contribution in [1.82, 2.24) is 10.2 Å². The minimum absolute atomic E-state index is 0.321. The van der Waals surface area contributed by atoms with Crippen molar-refractivity contribution in [3.63, 3.8) is 0 Å². The summed E-state index contributed by atoms with van der Waals surface area (Å²) in [5.74, 6) is 0.694. The Kier molecular flexibility index (Phi) is 3.31. The molecule has 0 bridgehead atoms. The molecule has 0 aliphatic heterocycles. The Morgan fingerprint density at radius 2 is 1.95 bits per heavy atom. The smallest absolute Gasteiger partial charge is 0.153 e. The van der Waals surface area contributed by atoms with Crippen LogP contribution in [-0.4, -0.2) is 17.3 Å². The summed E-state index contributed by atoms with van der Waals surface area (Å²) in [5.41, 5.74) is 8.42. The summed E-state index contributed by atoms with van der Waals surface area (Å²) < 4.78 is 19.2. The molecule has 3 rings (SSSR count). The number of nitrogen functional groups attached to an aromatic ring is 1. The second kappa shape index (κ2) is 5.28. The van der Waals surface area contributed by atoms with Crippen LogP contribution < -0.4 is 10.5 Å². The second-order valence-electron chi connectivity index (χ2n) is 4.57. The molecule has 0 radical (unpaired) electrons. The van der Waals surface area contributed by atoms with Gasteiger partial charge in [0.1, 0.15) is 11.6 Å². The van der Waals surface area contributed by atoms with Crippen LogP contribution in [0.5, 0.6) is 5.75 Å². The second-order valence-corrected chi connectivity index (χ2v) is 4.57. The number of aromatic nitrogens is 2. The van der Waals surface area contributed by atoms with Crippen molar-refractivity contribution in [2.24, 2.45) is 0 Å². The molecule has 0 saturated heterocycles. The highest BCUT2D eigenvalue weighted by molar-refractivity contribution is 5.88. The number of ether oxygens (including phenoxy) is 1. The summed E-state index contributed by atoms with van der Waals surface area (Å²) in [6.07, 6.45) is 0. The molecule has 2 aromatic carbocycles. The molecule has 1 heterocycles. The maximum Gasteiger partial charge on any atom is 0.153 e. The van der Waals surface area contributed by atoms with Gasteiger partial charge in [-0.25, -0.2) is 4.39 Å². The van der Waals surface area contributed by atoms with Gasteiger partial charge < -0.3 is 10.5 Å². The molecular weight excluding hydrogens is 269 g/mol. The van der Waals surface area contributed by atoms with E-state index in [2.05, 4.69) is 10.2 Å². The number of halogens is 1. The maximum atomic E-state index is 14.0. The van der Waals surface area contributed by atoms with E-state index in [0.717, 1.165) is 5.56 Å². The summed E-state index contributed by atoms with van der Waals surface area (Å²) >= 11 is 0. The third-order valence-electron chi connectivity index (χ3n) is 3.30. The van der Waals surface area contributed by atoms with E-state index in [0.29, 0.717) is 28.4 Å². The molecule has 0 spiro atoms. The van der Waals surface area contributed by atoms with E-state index in [1.807, 2.05) is 24.3 Å². The third kappa shape index (κ3) is 2.33. The lowest BCUT2D eigenvalue weighted by Crippen LogP contribution is -1.91. The first-order valence-corrected chi connectivity index (χ1v) is 6.44. The highest BCUT2D eigenvalue weighted by Crippen LogP contribution is 2.36. The summed E-state index contributed by atoms with van der Waals surface area (Å²) in [7, 11) is 1.59. The number of benzene rings is 2. The molecule has 0 aliphatic rings. The standard InChI is InChI=1S/C16H14FN3O/c1-21-11-6-4-5-10(9-11)14-15(19-20-16(14)18)12-7-2-3-8-13(12)17/h2-9H,1H3,(H3,18,19,20). The van der Waals surface area contributed by atoms with Gasteiger partial charge in [-0.3, -0.25) is 5.10 Å². The van der Waals surface area contributed by atoms with Crippen LogP contribution in [0.4, 0.5) is 10.2 Å². The van der Waals surface area contributed by atoms with Crippen molar-refractivity contribution >= 4 is 5.82 Å². The normalized spacial score (nSPS) is 10.6. The van der Waals surface area contributed by atoms with Crippen LogP contribution in [0, 0.1) is 5.82 Å². The number of nitrogens with zero attached hydrogens (tertiary/aromatic N) is 1. The first-order chi connectivity index (χ1) is 10.2. The maximum absolute atomic E-state index is 14.0. The number of nitrogens with two attached hydrogens (primary N) is 1. The van der Waals surface area contributed by atoms with Crippen molar-refractivity contribution in [2.75, 3.05) is 12.8 Å². The zero-order chi connectivity index (χ0) is 14.8. The molecule has 3 N–H and O–H groups in total. The Bertz CT molecular complexity index is 783. The number of aromatic amines is 1. The number of anilines is 1. The van der Waals surface area contributed by atoms with E-state index in [-0.39, 0.29) is 5.82 Å². The molecule has 0 fully saturated rings. The van der Waals surface area contributed by atoms with Crippen LogP contribution in [0.1, 0.15) is 0 Å². The number of nitrogens with one attached hydrogen (secondary N) is 1. The number of hydrogen-bond donors (Lipinski definition) is 2. The number of methoxy groups -OCH3 is 1. The molecule has 0 amide bonds. The van der Waals surface area contributed by atoms with Crippen molar-refractivity contribution < 1.29 is 9.13 Å². The van der Waals surface area contributed by atoms with Crippen LogP contribution in [-0.2, 0) is 0 Å². The molecule has 0 atom stereocenters. The molecule has 4 nitrogen and oxygen atoms in total. The fourth-order valence-corrected chi connectivity index (χ4v) is 2.29. The molecule has 0 unspecified atom stereocenters. The molecule has 21 heavy (non-hydrogen) atoms. The SMILES string of the molecule is COc1cccc(-c2c(N)n[nH]c2-c2ccccc2F)c1. The van der Waals surface area contributed by atoms with Gasteiger partial charge in [0.05, 0.1) is 18.4 Å². The van der Waals surface area contributed by atoms with Gasteiger partial charge in [-0.15, -0.1) is 0 Å². The van der Waals surface area contributed by atoms with E-state index >= 15 is 0 Å². The predicted molar refractivity (Wildman–Crippen MR) is 80.4 cm³/mol. The molecule has 106 valence electrons. The van der Waals surface area contributed by atoms with E-state index in [1.54, 1.807) is 25.3 Å². The van der Waals surface area contributed by atoms with Gasteiger partial charge in [0.2, 0.25) is 0 Å². The lowest BCUT2D eigenvalue weighted by Gasteiger charge is -2.07. The van der Waals surface area contributed by atoms with Gasteiger partial charge >= 0.3 is 0 Å². The quantitative estimate of drug-likeness (QED) is 0.773. The summed E-state index contributed by atoms with van der Waals surface area (Å²) in [6, 6.07) is 13.9. The Hall–Kier alpha value is -2.82. The van der Waals surface area contributed by atoms with Crippen molar-refractivity contribution in [3.05, 3.63) is 54.3 Å². The fraction of sp³-hybridized carbons (Fsp3) is 0.0625. The predicted octanol–water partition coefficient (Wildman–Crippen LogP) is 3.47. The average Bonchev–Trinajstić information content (AvgIpc) is 2.89. The summed E-state index contributed by atoms with van der Waals surface area (Å²) in [4.78, 5) is 0. The van der Waals surface area contributed by atoms with Gasteiger partial charge in [0.15, 0.2) is 5.82 Å². The first-order valence-electron chi connectivity index (χ1n) is 6.44. The van der Waals surface area contributed by atoms with E-state index < -0.39 is 0 Å². The van der Waals surface area contributed by atoms with Crippen LogP contribution in [0.25, 0.3) is 22.4 Å². The molecule has 1 aromatic heterocycles. The van der Waals surface area contributed by atoms with Gasteiger partial charge in [0.25, 0.3) is 0 Å². The van der Waals surface area contributed by atoms with Crippen LogP contribution in [0.3, 0.4) is 0 Å². The number of hydrogen-bond acceptors (Lipinski definition) is 3. The third-order valence-corrected chi connectivity index (χ3v) is 3.30. The van der Waals surface area contributed by atoms with Crippen molar-refractivity contribution in [3.8, 4) is 28.1 Å². The Morgan fingerprint density at radius 1 is 1.14 bits per heavy atom. The molecule has 0 saturated carbocycles. The number of H-pyrrole nitrogens is 1. The average molecular weight is 283 g/mol. The fourth-order valence-electron chi connectivity index (χ4n) is 2.29. The molecular formula is C16H14FN3O. The number of rotatable bonds is 3. The first kappa shape index (κ1) is 13.2. The molecule has 5 heteroatoms. The van der Waals surface area contributed by atoms with Crippen molar-refractivity contribution in [2.45, 2.75) is 0 Å².